The fourth-order valence-electron chi connectivity index (χ4n) is 3.20. The number of aromatic amines is 1. The van der Waals surface area contributed by atoms with Gasteiger partial charge < -0.3 is 15.2 Å². The van der Waals surface area contributed by atoms with E-state index in [2.05, 4.69) is 27.2 Å². The number of likely N-dealkylation sites (N-methyl/N-ethyl adjacent to an activating group) is 1. The lowest BCUT2D eigenvalue weighted by Crippen LogP contribution is -2.46. The van der Waals surface area contributed by atoms with Crippen molar-refractivity contribution in [2.24, 2.45) is 0 Å². The van der Waals surface area contributed by atoms with Crippen molar-refractivity contribution in [1.29, 1.82) is 0 Å². The van der Waals surface area contributed by atoms with Crippen LogP contribution < -0.4 is 5.32 Å². The van der Waals surface area contributed by atoms with Gasteiger partial charge >= 0.3 is 0 Å². The molecule has 0 amide bonds. The largest absolute Gasteiger partial charge is 0.347 e. The van der Waals surface area contributed by atoms with Crippen LogP contribution in [0.2, 0.25) is 0 Å². The zero-order valence-corrected chi connectivity index (χ0v) is 10.6. The number of H-pyrrole nitrogens is 1. The predicted molar refractivity (Wildman–Crippen MR) is 67.8 cm³/mol. The number of hydrogen-bond donors (Lipinski definition) is 2. The molecule has 3 rings (SSSR count). The summed E-state index contributed by atoms with van der Waals surface area (Å²) in [5, 5.41) is 3.60. The zero-order chi connectivity index (χ0) is 11.7. The van der Waals surface area contributed by atoms with Gasteiger partial charge in [0, 0.05) is 31.6 Å². The van der Waals surface area contributed by atoms with Crippen LogP contribution in [0, 0.1) is 0 Å². The van der Waals surface area contributed by atoms with Crippen LogP contribution in [0.4, 0.5) is 0 Å². The molecule has 1 aromatic heterocycles. The Kier molecular flexibility index (Phi) is 3.16. The van der Waals surface area contributed by atoms with Crippen LogP contribution >= 0.6 is 0 Å². The average molecular weight is 234 g/mol. The van der Waals surface area contributed by atoms with E-state index in [1.54, 1.807) is 0 Å². The van der Waals surface area contributed by atoms with Crippen LogP contribution in [0.3, 0.4) is 0 Å². The van der Waals surface area contributed by atoms with Crippen molar-refractivity contribution < 1.29 is 0 Å². The summed E-state index contributed by atoms with van der Waals surface area (Å²) in [4.78, 5) is 10.1. The minimum Gasteiger partial charge on any atom is -0.347 e. The molecule has 1 aliphatic heterocycles. The highest BCUT2D eigenvalue weighted by molar-refractivity contribution is 5.16. The summed E-state index contributed by atoms with van der Waals surface area (Å²) in [5.41, 5.74) is 2.53. The van der Waals surface area contributed by atoms with Crippen molar-refractivity contribution in [3.8, 4) is 0 Å². The summed E-state index contributed by atoms with van der Waals surface area (Å²) in [7, 11) is 2.28. The normalized spacial score (nSPS) is 25.4. The number of rotatable bonds is 3. The van der Waals surface area contributed by atoms with Gasteiger partial charge in [-0.25, -0.2) is 4.98 Å². The second-order valence-corrected chi connectivity index (χ2v) is 5.49. The molecule has 0 aromatic carbocycles. The standard InChI is InChI=1S/C13H22N4/c1-17(11-4-2-3-5-11)8-10-6-12-13(7-14-10)16-9-15-12/h9-11,14H,2-8H2,1H3,(H,15,16). The first kappa shape index (κ1) is 11.2. The van der Waals surface area contributed by atoms with Crippen LogP contribution in [-0.4, -0.2) is 40.5 Å². The summed E-state index contributed by atoms with van der Waals surface area (Å²) in [6.07, 6.45) is 8.48. The van der Waals surface area contributed by atoms with Gasteiger partial charge in [0.1, 0.15) is 0 Å². The fraction of sp³-hybridized carbons (Fsp3) is 0.769. The lowest BCUT2D eigenvalue weighted by molar-refractivity contribution is 0.213. The molecule has 0 saturated heterocycles. The molecule has 1 unspecified atom stereocenters. The number of nitrogens with one attached hydrogen (secondary N) is 2. The third-order valence-corrected chi connectivity index (χ3v) is 4.27. The van der Waals surface area contributed by atoms with E-state index in [4.69, 9.17) is 0 Å². The summed E-state index contributed by atoms with van der Waals surface area (Å²) >= 11 is 0. The molecule has 1 atom stereocenters. The van der Waals surface area contributed by atoms with Crippen LogP contribution in [0.25, 0.3) is 0 Å². The van der Waals surface area contributed by atoms with Crippen molar-refractivity contribution >= 4 is 0 Å². The Morgan fingerprint density at radius 1 is 1.41 bits per heavy atom. The number of hydrogen-bond acceptors (Lipinski definition) is 3. The summed E-state index contributed by atoms with van der Waals surface area (Å²) < 4.78 is 0. The highest BCUT2D eigenvalue weighted by Crippen LogP contribution is 2.23. The van der Waals surface area contributed by atoms with Gasteiger partial charge in [-0.3, -0.25) is 0 Å². The first-order valence-electron chi connectivity index (χ1n) is 6.77. The third-order valence-electron chi connectivity index (χ3n) is 4.27. The zero-order valence-electron chi connectivity index (χ0n) is 10.6. The van der Waals surface area contributed by atoms with Crippen LogP contribution in [-0.2, 0) is 13.0 Å². The van der Waals surface area contributed by atoms with Gasteiger partial charge in [-0.05, 0) is 19.9 Å². The van der Waals surface area contributed by atoms with E-state index in [0.717, 1.165) is 25.6 Å². The van der Waals surface area contributed by atoms with Gasteiger partial charge in [0.05, 0.1) is 17.7 Å². The summed E-state index contributed by atoms with van der Waals surface area (Å²) in [5.74, 6) is 0. The van der Waals surface area contributed by atoms with Gasteiger partial charge in [0.2, 0.25) is 0 Å². The molecule has 0 bridgehead atoms. The highest BCUT2D eigenvalue weighted by Gasteiger charge is 2.25. The van der Waals surface area contributed by atoms with Crippen molar-refractivity contribution in [3.05, 3.63) is 17.7 Å². The second kappa shape index (κ2) is 4.78. The van der Waals surface area contributed by atoms with Gasteiger partial charge in [-0.15, -0.1) is 0 Å². The Balaban J connectivity index is 1.56. The van der Waals surface area contributed by atoms with Gasteiger partial charge in [0.15, 0.2) is 0 Å². The first-order chi connectivity index (χ1) is 8.33. The van der Waals surface area contributed by atoms with E-state index >= 15 is 0 Å². The van der Waals surface area contributed by atoms with Crippen molar-refractivity contribution in [2.45, 2.75) is 50.7 Å². The number of nitrogens with zero attached hydrogens (tertiary/aromatic N) is 2. The van der Waals surface area contributed by atoms with E-state index < -0.39 is 0 Å². The van der Waals surface area contributed by atoms with E-state index in [1.165, 1.54) is 37.1 Å². The second-order valence-electron chi connectivity index (χ2n) is 5.49. The molecule has 2 aliphatic rings. The minimum absolute atomic E-state index is 0.566. The molecule has 1 aromatic rings. The SMILES string of the molecule is CN(CC1Cc2nc[nH]c2CN1)C1CCCC1. The Labute approximate surface area is 103 Å². The van der Waals surface area contributed by atoms with Gasteiger partial charge in [-0.2, -0.15) is 0 Å². The van der Waals surface area contributed by atoms with E-state index in [1.807, 2.05) is 6.33 Å². The topological polar surface area (TPSA) is 44.0 Å². The van der Waals surface area contributed by atoms with Crippen molar-refractivity contribution in [3.63, 3.8) is 0 Å². The molecule has 2 N–H and O–H groups in total. The molecule has 4 nitrogen and oxygen atoms in total. The molecule has 0 radical (unpaired) electrons. The number of fused-ring (bicyclic) bond motifs is 1. The summed E-state index contributed by atoms with van der Waals surface area (Å²) in [6, 6.07) is 1.38. The summed E-state index contributed by atoms with van der Waals surface area (Å²) in [6.45, 7) is 2.09. The van der Waals surface area contributed by atoms with Gasteiger partial charge in [-0.1, -0.05) is 12.8 Å². The van der Waals surface area contributed by atoms with E-state index in [0.29, 0.717) is 6.04 Å². The smallest absolute Gasteiger partial charge is 0.0925 e. The minimum atomic E-state index is 0.566. The maximum Gasteiger partial charge on any atom is 0.0925 e. The van der Waals surface area contributed by atoms with Crippen molar-refractivity contribution in [1.82, 2.24) is 20.2 Å². The molecular formula is C13H22N4. The van der Waals surface area contributed by atoms with Crippen LogP contribution in [0.5, 0.6) is 0 Å². The molecular weight excluding hydrogens is 212 g/mol. The number of imidazole rings is 1. The van der Waals surface area contributed by atoms with E-state index in [9.17, 15) is 0 Å². The predicted octanol–water partition coefficient (Wildman–Crippen LogP) is 1.30. The number of aromatic nitrogens is 2. The van der Waals surface area contributed by atoms with E-state index in [-0.39, 0.29) is 0 Å². The molecule has 0 spiro atoms. The Hall–Kier alpha value is -0.870. The quantitative estimate of drug-likeness (QED) is 0.828. The maximum absolute atomic E-state index is 4.40. The van der Waals surface area contributed by atoms with Crippen molar-refractivity contribution in [2.75, 3.05) is 13.6 Å². The fourth-order valence-corrected chi connectivity index (χ4v) is 3.20. The maximum atomic E-state index is 4.40. The Bertz CT molecular complexity index is 367. The van der Waals surface area contributed by atoms with Crippen LogP contribution in [0.15, 0.2) is 6.33 Å². The highest BCUT2D eigenvalue weighted by atomic mass is 15.2. The molecule has 1 aliphatic carbocycles. The Morgan fingerprint density at radius 3 is 3.06 bits per heavy atom. The lowest BCUT2D eigenvalue weighted by atomic mass is 10.0. The molecule has 1 saturated carbocycles. The monoisotopic (exact) mass is 234 g/mol. The Morgan fingerprint density at radius 2 is 2.24 bits per heavy atom. The first-order valence-corrected chi connectivity index (χ1v) is 6.77. The van der Waals surface area contributed by atoms with Gasteiger partial charge in [0.25, 0.3) is 0 Å². The molecule has 1 fully saturated rings. The van der Waals surface area contributed by atoms with Crippen LogP contribution in [0.1, 0.15) is 37.1 Å². The third kappa shape index (κ3) is 2.38. The molecule has 17 heavy (non-hydrogen) atoms. The molecule has 94 valence electrons. The molecule has 4 heteroatoms. The molecule has 2 heterocycles. The lowest BCUT2D eigenvalue weighted by Gasteiger charge is -2.31. The average Bonchev–Trinajstić information content (AvgIpc) is 2.99.